The molecule has 3 aromatic heterocycles. The summed E-state index contributed by atoms with van der Waals surface area (Å²) in [5.74, 6) is -1.88. The van der Waals surface area contributed by atoms with Gasteiger partial charge >= 0.3 is 5.97 Å². The fourth-order valence-corrected chi connectivity index (χ4v) is 4.52. The molecule has 0 fully saturated rings. The minimum absolute atomic E-state index is 0.251. The summed E-state index contributed by atoms with van der Waals surface area (Å²) in [5, 5.41) is 21.2. The minimum atomic E-state index is -1.27. The second kappa shape index (κ2) is 10.5. The molecule has 1 atom stereocenters. The van der Waals surface area contributed by atoms with Crippen LogP contribution in [-0.4, -0.2) is 58.6 Å². The highest BCUT2D eigenvalue weighted by Gasteiger charge is 2.30. The van der Waals surface area contributed by atoms with Crippen LogP contribution in [0.1, 0.15) is 24.2 Å². The number of aliphatic carboxylic acids is 1. The number of aromatic nitrogens is 4. The zero-order chi connectivity index (χ0) is 26.7. The lowest BCUT2D eigenvalue weighted by atomic mass is 10.1. The lowest BCUT2D eigenvalue weighted by Gasteiger charge is -2.19. The van der Waals surface area contributed by atoms with Gasteiger partial charge in [-0.05, 0) is 32.0 Å². The van der Waals surface area contributed by atoms with E-state index in [0.29, 0.717) is 22.1 Å². The monoisotopic (exact) mass is 540 g/mol. The first-order valence-corrected chi connectivity index (χ1v) is 13.4. The van der Waals surface area contributed by atoms with E-state index < -0.39 is 34.3 Å². The summed E-state index contributed by atoms with van der Waals surface area (Å²) < 4.78 is 14.3. The van der Waals surface area contributed by atoms with Crippen LogP contribution in [0.15, 0.2) is 60.4 Å². The predicted octanol–water partition coefficient (Wildman–Crippen LogP) is 2.80. The molecule has 2 amide bonds. The zero-order valence-corrected chi connectivity index (χ0v) is 21.8. The number of carbonyl (C=O) groups excluding carboxylic acids is 2. The Kier molecular flexibility index (Phi) is 7.36. The SMILES string of the molecule is CS(=O)n1ccc(C(=O)NCC(=O)Nc2nc(-c3cccc(-c4ccn(C(C)(C)C(=O)O)n4)c3)cs2)c1. The molecule has 0 aliphatic carbocycles. The van der Waals surface area contributed by atoms with Crippen molar-refractivity contribution in [3.8, 4) is 22.5 Å². The van der Waals surface area contributed by atoms with E-state index in [-0.39, 0.29) is 6.54 Å². The Morgan fingerprint density at radius 1 is 1.11 bits per heavy atom. The Labute approximate surface area is 218 Å². The maximum Gasteiger partial charge on any atom is 0.331 e. The molecule has 0 saturated heterocycles. The number of hydrogen-bond acceptors (Lipinski definition) is 7. The fraction of sp³-hybridized carbons (Fsp3) is 0.208. The van der Waals surface area contributed by atoms with E-state index in [1.165, 1.54) is 44.7 Å². The van der Waals surface area contributed by atoms with E-state index in [4.69, 9.17) is 0 Å². The minimum Gasteiger partial charge on any atom is -0.479 e. The highest BCUT2D eigenvalue weighted by atomic mass is 32.2. The number of rotatable bonds is 9. The zero-order valence-electron chi connectivity index (χ0n) is 20.2. The van der Waals surface area contributed by atoms with Crippen molar-refractivity contribution in [2.24, 2.45) is 0 Å². The predicted molar refractivity (Wildman–Crippen MR) is 141 cm³/mol. The van der Waals surface area contributed by atoms with Gasteiger partial charge in [-0.25, -0.2) is 14.0 Å². The van der Waals surface area contributed by atoms with Gasteiger partial charge in [0.15, 0.2) is 10.7 Å². The average molecular weight is 541 g/mol. The molecule has 4 aromatic rings. The Morgan fingerprint density at radius 3 is 2.51 bits per heavy atom. The molecular formula is C24H24N6O5S2. The maximum atomic E-state index is 12.3. The summed E-state index contributed by atoms with van der Waals surface area (Å²) in [6.07, 6.45) is 6.09. The van der Waals surface area contributed by atoms with E-state index in [1.54, 1.807) is 31.5 Å². The number of nitrogens with zero attached hydrogens (tertiary/aromatic N) is 4. The second-order valence-corrected chi connectivity index (χ2v) is 10.7. The van der Waals surface area contributed by atoms with E-state index in [9.17, 15) is 23.7 Å². The highest BCUT2D eigenvalue weighted by molar-refractivity contribution is 7.82. The van der Waals surface area contributed by atoms with Gasteiger partial charge in [0.05, 0.1) is 23.5 Å². The first kappa shape index (κ1) is 26.0. The van der Waals surface area contributed by atoms with Crippen LogP contribution < -0.4 is 10.6 Å². The summed E-state index contributed by atoms with van der Waals surface area (Å²) in [6.45, 7) is 2.90. The summed E-state index contributed by atoms with van der Waals surface area (Å²) in [6, 6.07) is 10.7. The molecule has 0 aliphatic heterocycles. The number of nitrogens with one attached hydrogen (secondary N) is 2. The molecule has 3 N–H and O–H groups in total. The molecule has 3 heterocycles. The molecule has 0 aliphatic rings. The molecule has 0 radical (unpaired) electrons. The van der Waals surface area contributed by atoms with Crippen molar-refractivity contribution in [2.45, 2.75) is 19.4 Å². The first-order chi connectivity index (χ1) is 17.5. The van der Waals surface area contributed by atoms with Gasteiger partial charge in [-0.2, -0.15) is 5.10 Å². The van der Waals surface area contributed by atoms with Crippen molar-refractivity contribution in [3.05, 3.63) is 65.9 Å². The number of thiazole rings is 1. The van der Waals surface area contributed by atoms with E-state index in [1.807, 2.05) is 24.3 Å². The molecule has 192 valence electrons. The normalized spacial score (nSPS) is 12.2. The third kappa shape index (κ3) is 5.84. The molecule has 0 spiro atoms. The Morgan fingerprint density at radius 2 is 1.84 bits per heavy atom. The fourth-order valence-electron chi connectivity index (χ4n) is 3.29. The molecule has 11 nitrogen and oxygen atoms in total. The topological polar surface area (TPSA) is 148 Å². The standard InChI is InChI=1S/C24H24N6O5S2/c1-24(2,22(33)34)30-10-8-18(28-30)15-5-4-6-16(11-15)19-14-36-23(26-19)27-20(31)12-25-21(32)17-7-9-29(13-17)37(3)35/h4-11,13-14H,12H2,1-3H3,(H,25,32)(H,33,34)(H,26,27,31). The third-order valence-electron chi connectivity index (χ3n) is 5.53. The van der Waals surface area contributed by atoms with Gasteiger partial charge in [-0.15, -0.1) is 11.3 Å². The lowest BCUT2D eigenvalue weighted by molar-refractivity contribution is -0.146. The molecule has 0 saturated carbocycles. The summed E-state index contributed by atoms with van der Waals surface area (Å²) in [5.41, 5.74) is 1.97. The number of carbonyl (C=O) groups is 3. The van der Waals surface area contributed by atoms with Crippen LogP contribution in [0.4, 0.5) is 5.13 Å². The van der Waals surface area contributed by atoms with Gasteiger partial charge in [0, 0.05) is 41.4 Å². The molecular weight excluding hydrogens is 516 g/mol. The molecule has 37 heavy (non-hydrogen) atoms. The van der Waals surface area contributed by atoms with Crippen molar-refractivity contribution >= 4 is 45.2 Å². The summed E-state index contributed by atoms with van der Waals surface area (Å²) >= 11 is 1.24. The number of anilines is 1. The summed E-state index contributed by atoms with van der Waals surface area (Å²) in [7, 11) is -1.27. The quantitative estimate of drug-likeness (QED) is 0.296. The van der Waals surface area contributed by atoms with Crippen molar-refractivity contribution in [2.75, 3.05) is 18.1 Å². The number of amides is 2. The average Bonchev–Trinajstić information content (AvgIpc) is 3.63. The Bertz CT molecular complexity index is 1500. The summed E-state index contributed by atoms with van der Waals surface area (Å²) in [4.78, 5) is 40.5. The molecule has 0 bridgehead atoms. The smallest absolute Gasteiger partial charge is 0.331 e. The van der Waals surface area contributed by atoms with Crippen molar-refractivity contribution in [1.82, 2.24) is 24.1 Å². The van der Waals surface area contributed by atoms with Crippen LogP contribution in [0.5, 0.6) is 0 Å². The number of benzene rings is 1. The van der Waals surface area contributed by atoms with Crippen molar-refractivity contribution in [1.29, 1.82) is 0 Å². The van der Waals surface area contributed by atoms with E-state index in [2.05, 4.69) is 20.7 Å². The first-order valence-electron chi connectivity index (χ1n) is 11.0. The van der Waals surface area contributed by atoms with Gasteiger partial charge in [-0.3, -0.25) is 18.2 Å². The van der Waals surface area contributed by atoms with Crippen LogP contribution in [-0.2, 0) is 26.1 Å². The van der Waals surface area contributed by atoms with Gasteiger partial charge in [-0.1, -0.05) is 18.2 Å². The number of carboxylic acid groups (broad SMARTS) is 1. The Balaban J connectivity index is 1.39. The largest absolute Gasteiger partial charge is 0.479 e. The van der Waals surface area contributed by atoms with Crippen LogP contribution in [0.3, 0.4) is 0 Å². The van der Waals surface area contributed by atoms with Gasteiger partial charge in [0.2, 0.25) is 5.91 Å². The second-order valence-electron chi connectivity index (χ2n) is 8.54. The Hall–Kier alpha value is -4.10. The van der Waals surface area contributed by atoms with Crippen molar-refractivity contribution < 1.29 is 23.7 Å². The molecule has 1 unspecified atom stereocenters. The van der Waals surface area contributed by atoms with E-state index in [0.717, 1.165) is 11.1 Å². The van der Waals surface area contributed by atoms with Crippen molar-refractivity contribution in [3.63, 3.8) is 0 Å². The number of hydrogen-bond donors (Lipinski definition) is 3. The molecule has 4 rings (SSSR count). The van der Waals surface area contributed by atoms with Crippen LogP contribution in [0.25, 0.3) is 22.5 Å². The van der Waals surface area contributed by atoms with Gasteiger partial charge in [0.1, 0.15) is 11.0 Å². The number of carboxylic acids is 1. The van der Waals surface area contributed by atoms with Crippen LogP contribution in [0, 0.1) is 0 Å². The highest BCUT2D eigenvalue weighted by Crippen LogP contribution is 2.29. The molecule has 1 aromatic carbocycles. The van der Waals surface area contributed by atoms with Crippen LogP contribution >= 0.6 is 11.3 Å². The third-order valence-corrected chi connectivity index (χ3v) is 7.10. The van der Waals surface area contributed by atoms with Gasteiger partial charge < -0.3 is 15.7 Å². The molecule has 13 heteroatoms. The lowest BCUT2D eigenvalue weighted by Crippen LogP contribution is -2.36. The van der Waals surface area contributed by atoms with Gasteiger partial charge in [0.25, 0.3) is 5.91 Å². The van der Waals surface area contributed by atoms with E-state index >= 15 is 0 Å². The van der Waals surface area contributed by atoms with Crippen LogP contribution in [0.2, 0.25) is 0 Å². The maximum absolute atomic E-state index is 12.3.